The van der Waals surface area contributed by atoms with Crippen LogP contribution in [0.3, 0.4) is 0 Å². The molecule has 3 aromatic rings. The fraction of sp³-hybridized carbons (Fsp3) is 0.250. The highest BCUT2D eigenvalue weighted by molar-refractivity contribution is 6.33. The predicted octanol–water partition coefficient (Wildman–Crippen LogP) is 2.99. The second kappa shape index (κ2) is 5.64. The van der Waals surface area contributed by atoms with Gasteiger partial charge in [-0.25, -0.2) is 0 Å². The Bertz CT molecular complexity index is 1190. The van der Waals surface area contributed by atoms with Crippen molar-refractivity contribution in [3.63, 3.8) is 0 Å². The van der Waals surface area contributed by atoms with Crippen LogP contribution in [0.2, 0.25) is 5.02 Å². The van der Waals surface area contributed by atoms with Crippen molar-refractivity contribution in [3.8, 4) is 17.2 Å². The summed E-state index contributed by atoms with van der Waals surface area (Å²) in [6, 6.07) is 9.05. The van der Waals surface area contributed by atoms with Crippen molar-refractivity contribution < 1.29 is 23.5 Å². The van der Waals surface area contributed by atoms with E-state index < -0.39 is 5.41 Å². The maximum atomic E-state index is 13.8. The Hall–Kier alpha value is -3.26. The monoisotopic (exact) mass is 411 g/mol. The Morgan fingerprint density at radius 2 is 2.00 bits per heavy atom. The number of carbonyl (C=O) groups is 1. The summed E-state index contributed by atoms with van der Waals surface area (Å²) in [5, 5.41) is 4.43. The highest BCUT2D eigenvalue weighted by Crippen LogP contribution is 2.56. The lowest BCUT2D eigenvalue weighted by molar-refractivity contribution is -0.122. The van der Waals surface area contributed by atoms with Crippen LogP contribution in [0.15, 0.2) is 34.9 Å². The predicted molar refractivity (Wildman–Crippen MR) is 101 cm³/mol. The first-order valence-electron chi connectivity index (χ1n) is 9.05. The molecule has 1 unspecified atom stereocenters. The van der Waals surface area contributed by atoms with Gasteiger partial charge in [0.2, 0.25) is 18.6 Å². The van der Waals surface area contributed by atoms with Gasteiger partial charge in [-0.15, -0.1) is 0 Å². The van der Waals surface area contributed by atoms with Crippen LogP contribution >= 0.6 is 11.6 Å². The summed E-state index contributed by atoms with van der Waals surface area (Å²) in [7, 11) is 0. The third kappa shape index (κ3) is 2.12. The molecular formula is C20H14ClN3O5. The van der Waals surface area contributed by atoms with Gasteiger partial charge in [-0.1, -0.05) is 22.8 Å². The molecule has 0 saturated carbocycles. The summed E-state index contributed by atoms with van der Waals surface area (Å²) < 4.78 is 22.0. The van der Waals surface area contributed by atoms with Gasteiger partial charge >= 0.3 is 0 Å². The van der Waals surface area contributed by atoms with Crippen LogP contribution in [0.1, 0.15) is 22.8 Å². The molecule has 0 radical (unpaired) electrons. The minimum atomic E-state index is -1.07. The fourth-order valence-corrected chi connectivity index (χ4v) is 4.67. The lowest BCUT2D eigenvalue weighted by atomic mass is 9.77. The average molecular weight is 412 g/mol. The number of amides is 1. The van der Waals surface area contributed by atoms with E-state index in [0.717, 1.165) is 0 Å². The zero-order chi connectivity index (χ0) is 19.8. The molecule has 3 aliphatic heterocycles. The van der Waals surface area contributed by atoms with Crippen LogP contribution in [0, 0.1) is 6.92 Å². The molecule has 6 rings (SSSR count). The van der Waals surface area contributed by atoms with Crippen LogP contribution < -0.4 is 19.1 Å². The van der Waals surface area contributed by atoms with Crippen molar-refractivity contribution in [1.29, 1.82) is 0 Å². The van der Waals surface area contributed by atoms with Gasteiger partial charge < -0.3 is 23.6 Å². The maximum Gasteiger partial charge on any atom is 0.246 e. The molecule has 0 N–H and O–H groups in total. The number of ether oxygens (including phenoxy) is 3. The number of anilines is 1. The summed E-state index contributed by atoms with van der Waals surface area (Å²) in [5.74, 6) is 2.48. The molecule has 1 amide bonds. The van der Waals surface area contributed by atoms with E-state index in [1.807, 2.05) is 18.2 Å². The summed E-state index contributed by atoms with van der Waals surface area (Å²) in [5.41, 5.74) is 1.07. The maximum absolute atomic E-state index is 13.8. The molecule has 3 aliphatic rings. The number of aromatic nitrogens is 2. The van der Waals surface area contributed by atoms with E-state index >= 15 is 0 Å². The summed E-state index contributed by atoms with van der Waals surface area (Å²) in [6.45, 7) is 2.16. The number of nitrogens with zero attached hydrogens (tertiary/aromatic N) is 3. The molecule has 0 bridgehead atoms. The first-order valence-corrected chi connectivity index (χ1v) is 9.43. The Balaban J connectivity index is 1.55. The molecule has 0 fully saturated rings. The van der Waals surface area contributed by atoms with Gasteiger partial charge in [-0.2, -0.15) is 4.98 Å². The van der Waals surface area contributed by atoms with Crippen molar-refractivity contribution >= 4 is 23.2 Å². The SMILES string of the molecule is Cc1nc(CN2C(=O)C3(COc4cc5c(cc43)OCO5)c3c(Cl)cccc32)no1. The lowest BCUT2D eigenvalue weighted by Gasteiger charge is -2.23. The van der Waals surface area contributed by atoms with Crippen molar-refractivity contribution in [2.24, 2.45) is 0 Å². The van der Waals surface area contributed by atoms with E-state index in [9.17, 15) is 4.79 Å². The highest BCUT2D eigenvalue weighted by Gasteiger charge is 2.58. The molecule has 29 heavy (non-hydrogen) atoms. The number of fused-ring (bicyclic) bond motifs is 5. The van der Waals surface area contributed by atoms with Gasteiger partial charge in [0, 0.05) is 29.1 Å². The summed E-state index contributed by atoms with van der Waals surface area (Å²) >= 11 is 6.62. The number of hydrogen-bond donors (Lipinski definition) is 0. The summed E-state index contributed by atoms with van der Waals surface area (Å²) in [4.78, 5) is 19.7. The zero-order valence-corrected chi connectivity index (χ0v) is 16.0. The van der Waals surface area contributed by atoms with Gasteiger partial charge in [0.05, 0.1) is 12.2 Å². The fourth-order valence-electron chi connectivity index (χ4n) is 4.33. The average Bonchev–Trinajstić information content (AvgIpc) is 3.46. The van der Waals surface area contributed by atoms with Gasteiger partial charge in [-0.3, -0.25) is 4.79 Å². The molecule has 8 nitrogen and oxygen atoms in total. The Labute approximate surface area is 169 Å². The second-order valence-corrected chi connectivity index (χ2v) is 7.56. The lowest BCUT2D eigenvalue weighted by Crippen LogP contribution is -2.42. The molecule has 9 heteroatoms. The Morgan fingerprint density at radius 1 is 1.17 bits per heavy atom. The smallest absolute Gasteiger partial charge is 0.246 e. The Morgan fingerprint density at radius 3 is 2.79 bits per heavy atom. The molecule has 0 saturated heterocycles. The van der Waals surface area contributed by atoms with Crippen LogP contribution in [-0.2, 0) is 16.8 Å². The van der Waals surface area contributed by atoms with E-state index in [1.54, 1.807) is 24.0 Å². The third-order valence-corrected chi connectivity index (χ3v) is 5.88. The first-order chi connectivity index (χ1) is 14.1. The topological polar surface area (TPSA) is 86.9 Å². The minimum Gasteiger partial charge on any atom is -0.491 e. The van der Waals surface area contributed by atoms with Gasteiger partial charge in [0.1, 0.15) is 17.8 Å². The van der Waals surface area contributed by atoms with Crippen molar-refractivity contribution in [2.45, 2.75) is 18.9 Å². The van der Waals surface area contributed by atoms with Crippen LogP contribution in [0.5, 0.6) is 17.2 Å². The van der Waals surface area contributed by atoms with Gasteiger partial charge in [-0.05, 0) is 18.2 Å². The number of aryl methyl sites for hydroxylation is 1. The van der Waals surface area contributed by atoms with Gasteiger partial charge in [0.25, 0.3) is 0 Å². The molecule has 0 aliphatic carbocycles. The van der Waals surface area contributed by atoms with Crippen molar-refractivity contribution in [1.82, 2.24) is 10.1 Å². The third-order valence-electron chi connectivity index (χ3n) is 5.57. The van der Waals surface area contributed by atoms with Crippen molar-refractivity contribution in [2.75, 3.05) is 18.3 Å². The molecular weight excluding hydrogens is 398 g/mol. The van der Waals surface area contributed by atoms with E-state index in [2.05, 4.69) is 10.1 Å². The number of hydrogen-bond acceptors (Lipinski definition) is 7. The molecule has 4 heterocycles. The number of carbonyl (C=O) groups excluding carboxylic acids is 1. The molecule has 2 aromatic carbocycles. The second-order valence-electron chi connectivity index (χ2n) is 7.15. The van der Waals surface area contributed by atoms with E-state index in [-0.39, 0.29) is 25.9 Å². The van der Waals surface area contributed by atoms with Crippen LogP contribution in [0.25, 0.3) is 0 Å². The largest absolute Gasteiger partial charge is 0.491 e. The molecule has 1 aromatic heterocycles. The molecule has 1 spiro atoms. The molecule has 1 atom stereocenters. The van der Waals surface area contributed by atoms with Gasteiger partial charge in [0.15, 0.2) is 17.3 Å². The zero-order valence-electron chi connectivity index (χ0n) is 15.3. The summed E-state index contributed by atoms with van der Waals surface area (Å²) in [6.07, 6.45) is 0. The van der Waals surface area contributed by atoms with E-state index in [0.29, 0.717) is 50.8 Å². The normalized spacial score (nSPS) is 20.9. The quantitative estimate of drug-likeness (QED) is 0.640. The number of rotatable bonds is 2. The molecule has 146 valence electrons. The van der Waals surface area contributed by atoms with Crippen LogP contribution in [0.4, 0.5) is 5.69 Å². The van der Waals surface area contributed by atoms with E-state index in [4.69, 9.17) is 30.3 Å². The minimum absolute atomic E-state index is 0.139. The van der Waals surface area contributed by atoms with Crippen LogP contribution in [-0.4, -0.2) is 29.4 Å². The Kier molecular flexibility index (Phi) is 3.24. The highest BCUT2D eigenvalue weighted by atomic mass is 35.5. The number of halogens is 1. The standard InChI is InChI=1S/C20H14ClN3O5/c1-10-22-17(23-29-10)7-24-13-4-2-3-12(21)18(13)20(19(24)25)8-26-14-6-16-15(5-11(14)20)27-9-28-16/h2-6H,7-9H2,1H3. The number of benzene rings is 2. The van der Waals surface area contributed by atoms with Crippen molar-refractivity contribution in [3.05, 3.63) is 58.2 Å². The first kappa shape index (κ1) is 16.7. The van der Waals surface area contributed by atoms with E-state index in [1.165, 1.54) is 0 Å².